The van der Waals surface area contributed by atoms with Crippen LogP contribution in [0.2, 0.25) is 0 Å². The quantitative estimate of drug-likeness (QED) is 0.331. The summed E-state index contributed by atoms with van der Waals surface area (Å²) in [6.45, 7) is 2.38. The largest absolute Gasteiger partial charge is 0.465 e. The van der Waals surface area contributed by atoms with Crippen LogP contribution in [0, 0.1) is 17.8 Å². The number of esters is 1. The Morgan fingerprint density at radius 2 is 2.16 bits per heavy atom. The minimum Gasteiger partial charge on any atom is -0.465 e. The van der Waals surface area contributed by atoms with E-state index < -0.39 is 23.7 Å². The maximum atomic E-state index is 12.1. The van der Waals surface area contributed by atoms with Crippen LogP contribution in [0.25, 0.3) is 0 Å². The van der Waals surface area contributed by atoms with Crippen molar-refractivity contribution in [2.45, 2.75) is 26.2 Å². The average Bonchev–Trinajstić information content (AvgIpc) is 2.64. The molecule has 1 fully saturated rings. The van der Waals surface area contributed by atoms with E-state index in [1.165, 1.54) is 7.05 Å². The van der Waals surface area contributed by atoms with Crippen molar-refractivity contribution in [2.24, 2.45) is 17.8 Å². The summed E-state index contributed by atoms with van der Waals surface area (Å²) in [5, 5.41) is 0. The molecular weight excluding hydrogens is 246 g/mol. The second-order valence-corrected chi connectivity index (χ2v) is 5.08. The van der Waals surface area contributed by atoms with Crippen molar-refractivity contribution >= 4 is 17.8 Å². The van der Waals surface area contributed by atoms with Gasteiger partial charge in [0.2, 0.25) is 11.8 Å². The fourth-order valence-corrected chi connectivity index (χ4v) is 2.69. The lowest BCUT2D eigenvalue weighted by molar-refractivity contribution is -0.152. The monoisotopic (exact) mass is 265 g/mol. The molecule has 5 heteroatoms. The van der Waals surface area contributed by atoms with Gasteiger partial charge < -0.3 is 4.74 Å². The maximum absolute atomic E-state index is 12.1. The van der Waals surface area contributed by atoms with Crippen molar-refractivity contribution in [3.63, 3.8) is 0 Å². The number of allylic oxidation sites excluding steroid dienone is 1. The van der Waals surface area contributed by atoms with Crippen molar-refractivity contribution in [1.82, 2.24) is 4.90 Å². The zero-order valence-electron chi connectivity index (χ0n) is 11.3. The average molecular weight is 265 g/mol. The third kappa shape index (κ3) is 2.41. The lowest BCUT2D eigenvalue weighted by Crippen LogP contribution is -2.34. The highest BCUT2D eigenvalue weighted by Crippen LogP contribution is 2.38. The molecule has 0 saturated carbocycles. The number of carbonyl (C=O) groups is 3. The lowest BCUT2D eigenvalue weighted by atomic mass is 9.77. The summed E-state index contributed by atoms with van der Waals surface area (Å²) in [7, 11) is 1.47. The van der Waals surface area contributed by atoms with E-state index in [4.69, 9.17) is 4.74 Å². The van der Waals surface area contributed by atoms with Gasteiger partial charge in [-0.05, 0) is 12.8 Å². The normalized spacial score (nSPS) is 29.6. The highest BCUT2D eigenvalue weighted by atomic mass is 16.5. The first-order valence-electron chi connectivity index (χ1n) is 6.72. The molecule has 0 spiro atoms. The Balaban J connectivity index is 2.11. The number of ether oxygens (including phenoxy) is 1. The van der Waals surface area contributed by atoms with E-state index in [1.807, 2.05) is 6.92 Å². The molecule has 2 rings (SSSR count). The molecule has 1 heterocycles. The van der Waals surface area contributed by atoms with Crippen LogP contribution >= 0.6 is 0 Å². The molecule has 0 N–H and O–H groups in total. The van der Waals surface area contributed by atoms with Gasteiger partial charge in [0.15, 0.2) is 0 Å². The van der Waals surface area contributed by atoms with Crippen molar-refractivity contribution in [3.05, 3.63) is 12.2 Å². The van der Waals surface area contributed by atoms with Crippen LogP contribution in [0.3, 0.4) is 0 Å². The van der Waals surface area contributed by atoms with Gasteiger partial charge in [0.25, 0.3) is 0 Å². The highest BCUT2D eigenvalue weighted by Gasteiger charge is 2.51. The minimum absolute atomic E-state index is 0.189. The van der Waals surface area contributed by atoms with Crippen LogP contribution in [0.1, 0.15) is 26.2 Å². The second kappa shape index (κ2) is 5.55. The third-order valence-corrected chi connectivity index (χ3v) is 3.83. The first-order chi connectivity index (χ1) is 9.07. The van der Waals surface area contributed by atoms with Gasteiger partial charge in [-0.2, -0.15) is 0 Å². The van der Waals surface area contributed by atoms with Gasteiger partial charge in [0.05, 0.1) is 24.4 Å². The number of likely N-dealkylation sites (tertiary alicyclic amines) is 1. The minimum atomic E-state index is -0.614. The number of unbranched alkanes of at least 4 members (excludes halogenated alkanes) is 1. The van der Waals surface area contributed by atoms with E-state index in [9.17, 15) is 14.4 Å². The van der Waals surface area contributed by atoms with E-state index in [0.717, 1.165) is 17.7 Å². The van der Waals surface area contributed by atoms with Crippen LogP contribution < -0.4 is 0 Å². The van der Waals surface area contributed by atoms with Gasteiger partial charge in [0.1, 0.15) is 0 Å². The summed E-state index contributed by atoms with van der Waals surface area (Å²) in [6.07, 6.45) is 5.79. The summed E-state index contributed by atoms with van der Waals surface area (Å²) >= 11 is 0. The van der Waals surface area contributed by atoms with Gasteiger partial charge in [-0.15, -0.1) is 0 Å². The molecule has 1 saturated heterocycles. The fraction of sp³-hybridized carbons (Fsp3) is 0.643. The van der Waals surface area contributed by atoms with E-state index >= 15 is 0 Å². The molecule has 3 atom stereocenters. The summed E-state index contributed by atoms with van der Waals surface area (Å²) in [5.74, 6) is -2.43. The number of amides is 2. The second-order valence-electron chi connectivity index (χ2n) is 5.08. The first kappa shape index (κ1) is 13.8. The number of carbonyl (C=O) groups excluding carboxylic acids is 3. The number of rotatable bonds is 4. The van der Waals surface area contributed by atoms with Crippen LogP contribution in [0.5, 0.6) is 0 Å². The molecule has 2 aliphatic rings. The van der Waals surface area contributed by atoms with Gasteiger partial charge >= 0.3 is 5.97 Å². The zero-order chi connectivity index (χ0) is 14.0. The van der Waals surface area contributed by atoms with Gasteiger partial charge in [-0.3, -0.25) is 19.3 Å². The third-order valence-electron chi connectivity index (χ3n) is 3.83. The molecule has 0 aromatic heterocycles. The van der Waals surface area contributed by atoms with E-state index in [0.29, 0.717) is 13.0 Å². The Bertz CT molecular complexity index is 429. The number of fused-ring (bicyclic) bond motifs is 1. The molecule has 104 valence electrons. The predicted molar refractivity (Wildman–Crippen MR) is 67.9 cm³/mol. The molecule has 3 unspecified atom stereocenters. The van der Waals surface area contributed by atoms with Crippen molar-refractivity contribution in [1.29, 1.82) is 0 Å². The number of hydrogen-bond acceptors (Lipinski definition) is 4. The van der Waals surface area contributed by atoms with Gasteiger partial charge in [-0.1, -0.05) is 25.5 Å². The molecule has 0 aromatic rings. The molecule has 1 aliphatic heterocycles. The SMILES string of the molecule is CCCCOC(=O)C1C=CCC2C(=O)N(C)C(=O)C12. The summed E-state index contributed by atoms with van der Waals surface area (Å²) in [5.41, 5.74) is 0. The maximum Gasteiger partial charge on any atom is 0.313 e. The summed E-state index contributed by atoms with van der Waals surface area (Å²) < 4.78 is 5.18. The summed E-state index contributed by atoms with van der Waals surface area (Å²) in [4.78, 5) is 37.1. The Morgan fingerprint density at radius 1 is 1.42 bits per heavy atom. The molecule has 19 heavy (non-hydrogen) atoms. The van der Waals surface area contributed by atoms with Crippen LogP contribution in [0.15, 0.2) is 12.2 Å². The zero-order valence-corrected chi connectivity index (χ0v) is 11.3. The van der Waals surface area contributed by atoms with Crippen molar-refractivity contribution in [3.8, 4) is 0 Å². The summed E-state index contributed by atoms with van der Waals surface area (Å²) in [6, 6.07) is 0. The van der Waals surface area contributed by atoms with Crippen molar-refractivity contribution in [2.75, 3.05) is 13.7 Å². The van der Waals surface area contributed by atoms with E-state index in [2.05, 4.69) is 0 Å². The van der Waals surface area contributed by atoms with E-state index in [-0.39, 0.29) is 11.8 Å². The standard InChI is InChI=1S/C14H19NO4/c1-3-4-8-19-14(18)10-7-5-6-9-11(10)13(17)15(2)12(9)16/h5,7,9-11H,3-4,6,8H2,1-2H3. The lowest BCUT2D eigenvalue weighted by Gasteiger charge is -2.24. The van der Waals surface area contributed by atoms with Crippen LogP contribution in [0.4, 0.5) is 0 Å². The van der Waals surface area contributed by atoms with Crippen LogP contribution in [-0.4, -0.2) is 36.3 Å². The number of nitrogens with zero attached hydrogens (tertiary/aromatic N) is 1. The van der Waals surface area contributed by atoms with Crippen molar-refractivity contribution < 1.29 is 19.1 Å². The molecular formula is C14H19NO4. The van der Waals surface area contributed by atoms with Gasteiger partial charge in [0, 0.05) is 7.05 Å². The van der Waals surface area contributed by atoms with Crippen LogP contribution in [-0.2, 0) is 19.1 Å². The number of imide groups is 1. The highest BCUT2D eigenvalue weighted by molar-refractivity contribution is 6.06. The Morgan fingerprint density at radius 3 is 2.84 bits per heavy atom. The molecule has 5 nitrogen and oxygen atoms in total. The first-order valence-corrected chi connectivity index (χ1v) is 6.72. The van der Waals surface area contributed by atoms with E-state index in [1.54, 1.807) is 12.2 Å². The Labute approximate surface area is 112 Å². The Kier molecular flexibility index (Phi) is 4.02. The predicted octanol–water partition coefficient (Wildman–Crippen LogP) is 1.14. The molecule has 1 aliphatic carbocycles. The van der Waals surface area contributed by atoms with Gasteiger partial charge in [-0.25, -0.2) is 0 Å². The molecule has 0 bridgehead atoms. The molecule has 0 aromatic carbocycles. The topological polar surface area (TPSA) is 63.7 Å². The smallest absolute Gasteiger partial charge is 0.313 e. The Hall–Kier alpha value is -1.65. The molecule has 2 amide bonds. The fourth-order valence-electron chi connectivity index (χ4n) is 2.69. The molecule has 0 radical (unpaired) electrons. The number of hydrogen-bond donors (Lipinski definition) is 0.